The van der Waals surface area contributed by atoms with Gasteiger partial charge in [0.1, 0.15) is 23.3 Å². The molecular formula is C20H17N5O2. The average Bonchev–Trinajstić information content (AvgIpc) is 2.70. The molecule has 1 aromatic heterocycles. The predicted octanol–water partition coefficient (Wildman–Crippen LogP) is 3.74. The number of nitriles is 1. The molecule has 27 heavy (non-hydrogen) atoms. The summed E-state index contributed by atoms with van der Waals surface area (Å²) in [4.78, 5) is 20.6. The molecule has 3 aromatic rings. The van der Waals surface area contributed by atoms with E-state index in [1.165, 1.54) is 12.4 Å². The van der Waals surface area contributed by atoms with Gasteiger partial charge in [0, 0.05) is 5.69 Å². The van der Waals surface area contributed by atoms with Gasteiger partial charge in [-0.1, -0.05) is 12.1 Å². The largest absolute Gasteiger partial charge is 0.494 e. The first-order valence-electron chi connectivity index (χ1n) is 8.32. The topological polar surface area (TPSA) is 99.9 Å². The summed E-state index contributed by atoms with van der Waals surface area (Å²) in [5.41, 5.74) is 1.80. The Balaban J connectivity index is 1.66. The van der Waals surface area contributed by atoms with Crippen LogP contribution in [0, 0.1) is 11.3 Å². The molecule has 2 N–H and O–H groups in total. The molecule has 0 atom stereocenters. The van der Waals surface area contributed by atoms with Crippen molar-refractivity contribution in [2.75, 3.05) is 17.2 Å². The molecule has 0 aliphatic heterocycles. The van der Waals surface area contributed by atoms with Gasteiger partial charge < -0.3 is 15.4 Å². The fourth-order valence-corrected chi connectivity index (χ4v) is 2.33. The highest BCUT2D eigenvalue weighted by molar-refractivity contribution is 6.03. The lowest BCUT2D eigenvalue weighted by atomic mass is 10.2. The second-order valence-corrected chi connectivity index (χ2v) is 5.48. The molecule has 1 heterocycles. The van der Waals surface area contributed by atoms with Crippen LogP contribution in [0.1, 0.15) is 23.0 Å². The second-order valence-electron chi connectivity index (χ2n) is 5.48. The van der Waals surface area contributed by atoms with Crippen LogP contribution in [0.3, 0.4) is 0 Å². The summed E-state index contributed by atoms with van der Waals surface area (Å²) in [6, 6.07) is 16.2. The SMILES string of the molecule is CCOc1ccc(Nc2cnc(C(=O)Nc3ccccc3C#N)cn2)cc1. The number of rotatable bonds is 6. The van der Waals surface area contributed by atoms with Gasteiger partial charge >= 0.3 is 0 Å². The number of amides is 1. The van der Waals surface area contributed by atoms with Crippen LogP contribution in [0.5, 0.6) is 5.75 Å². The van der Waals surface area contributed by atoms with Gasteiger partial charge in [0.25, 0.3) is 5.91 Å². The molecule has 0 saturated heterocycles. The molecule has 0 fully saturated rings. The number of ether oxygens (including phenoxy) is 1. The summed E-state index contributed by atoms with van der Waals surface area (Å²) in [5.74, 6) is 0.866. The number of hydrogen-bond acceptors (Lipinski definition) is 6. The molecule has 3 rings (SSSR count). The molecule has 0 spiro atoms. The van der Waals surface area contributed by atoms with E-state index in [0.29, 0.717) is 23.7 Å². The Morgan fingerprint density at radius 2 is 1.89 bits per heavy atom. The van der Waals surface area contributed by atoms with E-state index in [-0.39, 0.29) is 5.69 Å². The maximum atomic E-state index is 12.3. The Bertz CT molecular complexity index is 963. The lowest BCUT2D eigenvalue weighted by Crippen LogP contribution is -2.15. The zero-order valence-corrected chi connectivity index (χ0v) is 14.6. The zero-order chi connectivity index (χ0) is 19.1. The normalized spacial score (nSPS) is 9.93. The Kier molecular flexibility index (Phi) is 5.60. The minimum Gasteiger partial charge on any atom is -0.494 e. The van der Waals surface area contributed by atoms with Gasteiger partial charge in [0.05, 0.1) is 30.3 Å². The molecule has 0 aliphatic carbocycles. The molecule has 7 nitrogen and oxygen atoms in total. The van der Waals surface area contributed by atoms with E-state index in [4.69, 9.17) is 10.00 Å². The summed E-state index contributed by atoms with van der Waals surface area (Å²) in [6.07, 6.45) is 2.85. The number of para-hydroxylation sites is 1. The minimum absolute atomic E-state index is 0.153. The second kappa shape index (κ2) is 8.45. The summed E-state index contributed by atoms with van der Waals surface area (Å²) >= 11 is 0. The van der Waals surface area contributed by atoms with Crippen molar-refractivity contribution in [3.8, 4) is 11.8 Å². The summed E-state index contributed by atoms with van der Waals surface area (Å²) in [5, 5.41) is 14.9. The van der Waals surface area contributed by atoms with Crippen molar-refractivity contribution in [2.24, 2.45) is 0 Å². The number of aromatic nitrogens is 2. The molecule has 7 heteroatoms. The van der Waals surface area contributed by atoms with Crippen LogP contribution in [0.15, 0.2) is 60.9 Å². The van der Waals surface area contributed by atoms with Crippen LogP contribution in [-0.4, -0.2) is 22.5 Å². The maximum Gasteiger partial charge on any atom is 0.275 e. The van der Waals surface area contributed by atoms with E-state index in [0.717, 1.165) is 11.4 Å². The van der Waals surface area contributed by atoms with Gasteiger partial charge in [-0.2, -0.15) is 5.26 Å². The average molecular weight is 359 g/mol. The molecule has 0 saturated carbocycles. The van der Waals surface area contributed by atoms with Gasteiger partial charge in [-0.05, 0) is 43.3 Å². The third kappa shape index (κ3) is 4.58. The number of nitrogens with zero attached hydrogens (tertiary/aromatic N) is 3. The van der Waals surface area contributed by atoms with E-state index >= 15 is 0 Å². The number of nitrogens with one attached hydrogen (secondary N) is 2. The van der Waals surface area contributed by atoms with E-state index in [2.05, 4.69) is 20.6 Å². The van der Waals surface area contributed by atoms with Crippen molar-refractivity contribution in [3.05, 3.63) is 72.2 Å². The van der Waals surface area contributed by atoms with Gasteiger partial charge in [0.15, 0.2) is 0 Å². The number of anilines is 3. The minimum atomic E-state index is -0.433. The fourth-order valence-electron chi connectivity index (χ4n) is 2.33. The highest BCUT2D eigenvalue weighted by Gasteiger charge is 2.11. The van der Waals surface area contributed by atoms with Crippen molar-refractivity contribution in [2.45, 2.75) is 6.92 Å². The first-order chi connectivity index (χ1) is 13.2. The fraction of sp³-hybridized carbons (Fsp3) is 0.100. The predicted molar refractivity (Wildman–Crippen MR) is 102 cm³/mol. The number of hydrogen-bond donors (Lipinski definition) is 2. The molecule has 2 aromatic carbocycles. The monoisotopic (exact) mass is 359 g/mol. The third-order valence-electron chi connectivity index (χ3n) is 3.62. The molecular weight excluding hydrogens is 342 g/mol. The Labute approximate surface area is 156 Å². The van der Waals surface area contributed by atoms with Gasteiger partial charge in [-0.25, -0.2) is 9.97 Å². The quantitative estimate of drug-likeness (QED) is 0.695. The van der Waals surface area contributed by atoms with E-state index in [1.807, 2.05) is 37.3 Å². The molecule has 0 unspecified atom stereocenters. The Morgan fingerprint density at radius 1 is 1.11 bits per heavy atom. The van der Waals surface area contributed by atoms with Crippen LogP contribution in [0.4, 0.5) is 17.2 Å². The number of carbonyl (C=O) groups is 1. The summed E-state index contributed by atoms with van der Waals surface area (Å²) in [6.45, 7) is 2.54. The van der Waals surface area contributed by atoms with E-state index < -0.39 is 5.91 Å². The summed E-state index contributed by atoms with van der Waals surface area (Å²) < 4.78 is 5.40. The Hall–Kier alpha value is -3.92. The van der Waals surface area contributed by atoms with Gasteiger partial charge in [-0.15, -0.1) is 0 Å². The van der Waals surface area contributed by atoms with Gasteiger partial charge in [-0.3, -0.25) is 4.79 Å². The van der Waals surface area contributed by atoms with Gasteiger partial charge in [0.2, 0.25) is 0 Å². The first-order valence-corrected chi connectivity index (χ1v) is 8.32. The number of carbonyl (C=O) groups excluding carboxylic acids is 1. The van der Waals surface area contributed by atoms with E-state index in [1.54, 1.807) is 24.3 Å². The highest BCUT2D eigenvalue weighted by atomic mass is 16.5. The maximum absolute atomic E-state index is 12.3. The van der Waals surface area contributed by atoms with Crippen molar-refractivity contribution in [1.29, 1.82) is 5.26 Å². The first kappa shape index (κ1) is 17.9. The number of benzene rings is 2. The zero-order valence-electron chi connectivity index (χ0n) is 14.6. The van der Waals surface area contributed by atoms with Crippen molar-refractivity contribution < 1.29 is 9.53 Å². The van der Waals surface area contributed by atoms with Crippen LogP contribution in [0.2, 0.25) is 0 Å². The lowest BCUT2D eigenvalue weighted by Gasteiger charge is -2.08. The highest BCUT2D eigenvalue weighted by Crippen LogP contribution is 2.19. The molecule has 0 aliphatic rings. The third-order valence-corrected chi connectivity index (χ3v) is 3.62. The van der Waals surface area contributed by atoms with Crippen LogP contribution in [0.25, 0.3) is 0 Å². The van der Waals surface area contributed by atoms with Crippen LogP contribution < -0.4 is 15.4 Å². The van der Waals surface area contributed by atoms with Crippen LogP contribution >= 0.6 is 0 Å². The van der Waals surface area contributed by atoms with Crippen molar-refractivity contribution >= 4 is 23.1 Å². The standard InChI is InChI=1S/C20H17N5O2/c1-2-27-16-9-7-15(8-10-16)24-19-13-22-18(12-23-19)20(26)25-17-6-4-3-5-14(17)11-21/h3-10,12-13H,2H2,1H3,(H,23,24)(H,25,26). The van der Waals surface area contributed by atoms with E-state index in [9.17, 15) is 4.79 Å². The smallest absolute Gasteiger partial charge is 0.275 e. The van der Waals surface area contributed by atoms with Crippen molar-refractivity contribution in [1.82, 2.24) is 9.97 Å². The molecule has 1 amide bonds. The van der Waals surface area contributed by atoms with Crippen LogP contribution in [-0.2, 0) is 0 Å². The Morgan fingerprint density at radius 3 is 2.56 bits per heavy atom. The molecule has 0 radical (unpaired) electrons. The lowest BCUT2D eigenvalue weighted by molar-refractivity contribution is 0.102. The summed E-state index contributed by atoms with van der Waals surface area (Å²) in [7, 11) is 0. The molecule has 134 valence electrons. The van der Waals surface area contributed by atoms with Crippen molar-refractivity contribution in [3.63, 3.8) is 0 Å². The molecule has 0 bridgehead atoms.